The SMILES string of the molecule is CCC(NC(=O)C(=O)NCCCN(C)C)c1ccc2c(c1)CCCC2. The summed E-state index contributed by atoms with van der Waals surface area (Å²) >= 11 is 0. The lowest BCUT2D eigenvalue weighted by Crippen LogP contribution is -2.42. The Labute approximate surface area is 151 Å². The van der Waals surface area contributed by atoms with E-state index in [1.807, 2.05) is 21.0 Å². The molecule has 0 aromatic heterocycles. The lowest BCUT2D eigenvalue weighted by atomic mass is 9.89. The number of nitrogens with one attached hydrogen (secondary N) is 2. The van der Waals surface area contributed by atoms with E-state index in [9.17, 15) is 9.59 Å². The van der Waals surface area contributed by atoms with Crippen LogP contribution in [0.1, 0.15) is 55.3 Å². The maximum absolute atomic E-state index is 12.2. The summed E-state index contributed by atoms with van der Waals surface area (Å²) in [7, 11) is 3.97. The molecule has 1 unspecified atom stereocenters. The summed E-state index contributed by atoms with van der Waals surface area (Å²) in [6, 6.07) is 6.36. The molecule has 0 radical (unpaired) electrons. The van der Waals surface area contributed by atoms with Crippen molar-refractivity contribution in [3.63, 3.8) is 0 Å². The standard InChI is InChI=1S/C20H31N3O2/c1-4-18(17-11-10-15-8-5-6-9-16(15)14-17)22-20(25)19(24)21-12-7-13-23(2)3/h10-11,14,18H,4-9,12-13H2,1-3H3,(H,21,24)(H,22,25). The zero-order chi connectivity index (χ0) is 18.2. The van der Waals surface area contributed by atoms with Gasteiger partial charge in [-0.25, -0.2) is 0 Å². The van der Waals surface area contributed by atoms with Crippen molar-refractivity contribution in [1.82, 2.24) is 15.5 Å². The summed E-state index contributed by atoms with van der Waals surface area (Å²) in [4.78, 5) is 26.2. The number of benzene rings is 1. The minimum Gasteiger partial charge on any atom is -0.348 e. The quantitative estimate of drug-likeness (QED) is 0.588. The summed E-state index contributed by atoms with van der Waals surface area (Å²) in [5.74, 6) is -1.09. The van der Waals surface area contributed by atoms with Crippen molar-refractivity contribution in [3.05, 3.63) is 34.9 Å². The van der Waals surface area contributed by atoms with Crippen molar-refractivity contribution < 1.29 is 9.59 Å². The van der Waals surface area contributed by atoms with Crippen LogP contribution in [0.4, 0.5) is 0 Å². The molecular weight excluding hydrogens is 314 g/mol. The van der Waals surface area contributed by atoms with E-state index in [0.717, 1.165) is 37.8 Å². The molecule has 0 aliphatic heterocycles. The molecule has 2 N–H and O–H groups in total. The van der Waals surface area contributed by atoms with Gasteiger partial charge >= 0.3 is 11.8 Å². The topological polar surface area (TPSA) is 61.4 Å². The third-order valence-corrected chi connectivity index (χ3v) is 4.76. The van der Waals surface area contributed by atoms with E-state index >= 15 is 0 Å². The van der Waals surface area contributed by atoms with E-state index in [-0.39, 0.29) is 6.04 Å². The molecule has 2 rings (SSSR count). The Morgan fingerprint density at radius 1 is 1.12 bits per heavy atom. The molecule has 1 aromatic rings. The summed E-state index contributed by atoms with van der Waals surface area (Å²) in [5.41, 5.74) is 3.91. The Kier molecular flexibility index (Phi) is 7.44. The summed E-state index contributed by atoms with van der Waals surface area (Å²) < 4.78 is 0. The molecule has 0 spiro atoms. The number of nitrogens with zero attached hydrogens (tertiary/aromatic N) is 1. The van der Waals surface area contributed by atoms with Crippen LogP contribution in [0.25, 0.3) is 0 Å². The highest BCUT2D eigenvalue weighted by Crippen LogP contribution is 2.26. The summed E-state index contributed by atoms with van der Waals surface area (Å²) in [5, 5.41) is 5.57. The summed E-state index contributed by atoms with van der Waals surface area (Å²) in [6.07, 6.45) is 6.34. The zero-order valence-electron chi connectivity index (χ0n) is 15.7. The van der Waals surface area contributed by atoms with Crippen LogP contribution in [0.5, 0.6) is 0 Å². The second kappa shape index (κ2) is 9.56. The number of carbonyl (C=O) groups is 2. The predicted molar refractivity (Wildman–Crippen MR) is 100 cm³/mol. The monoisotopic (exact) mass is 345 g/mol. The van der Waals surface area contributed by atoms with Gasteiger partial charge in [-0.1, -0.05) is 25.1 Å². The van der Waals surface area contributed by atoms with Crippen molar-refractivity contribution in [2.45, 2.75) is 51.5 Å². The zero-order valence-corrected chi connectivity index (χ0v) is 15.7. The molecule has 1 aliphatic rings. The molecule has 0 heterocycles. The second-order valence-corrected chi connectivity index (χ2v) is 7.08. The molecular formula is C20H31N3O2. The number of amides is 2. The van der Waals surface area contributed by atoms with Crippen LogP contribution in [-0.2, 0) is 22.4 Å². The fraction of sp³-hybridized carbons (Fsp3) is 0.600. The van der Waals surface area contributed by atoms with Gasteiger partial charge in [0, 0.05) is 6.54 Å². The molecule has 0 saturated carbocycles. The molecule has 0 fully saturated rings. The number of aryl methyl sites for hydroxylation is 2. The number of hydrogen-bond donors (Lipinski definition) is 2. The number of carbonyl (C=O) groups excluding carboxylic acids is 2. The molecule has 5 heteroatoms. The van der Waals surface area contributed by atoms with Gasteiger partial charge in [0.15, 0.2) is 0 Å². The third kappa shape index (κ3) is 5.85. The number of rotatable bonds is 7. The van der Waals surface area contributed by atoms with Gasteiger partial charge in [-0.3, -0.25) is 9.59 Å². The Balaban J connectivity index is 1.90. The van der Waals surface area contributed by atoms with Crippen LogP contribution < -0.4 is 10.6 Å². The first-order valence-electron chi connectivity index (χ1n) is 9.36. The molecule has 25 heavy (non-hydrogen) atoms. The molecule has 0 saturated heterocycles. The average molecular weight is 345 g/mol. The highest BCUT2D eigenvalue weighted by Gasteiger charge is 2.20. The molecule has 138 valence electrons. The Morgan fingerprint density at radius 2 is 1.84 bits per heavy atom. The van der Waals surface area contributed by atoms with Crippen molar-refractivity contribution >= 4 is 11.8 Å². The minimum atomic E-state index is -0.547. The van der Waals surface area contributed by atoms with Gasteiger partial charge in [-0.2, -0.15) is 0 Å². The Hall–Kier alpha value is -1.88. The number of fused-ring (bicyclic) bond motifs is 1. The molecule has 2 amide bonds. The minimum absolute atomic E-state index is 0.118. The van der Waals surface area contributed by atoms with Gasteiger partial charge in [-0.15, -0.1) is 0 Å². The van der Waals surface area contributed by atoms with Crippen LogP contribution in [0, 0.1) is 0 Å². The highest BCUT2D eigenvalue weighted by molar-refractivity contribution is 6.35. The molecule has 1 aliphatic carbocycles. The van der Waals surface area contributed by atoms with E-state index in [1.165, 1.54) is 24.0 Å². The van der Waals surface area contributed by atoms with Gasteiger partial charge in [-0.05, 0) is 75.9 Å². The van der Waals surface area contributed by atoms with E-state index in [4.69, 9.17) is 0 Å². The normalized spacial score (nSPS) is 14.7. The van der Waals surface area contributed by atoms with Crippen LogP contribution >= 0.6 is 0 Å². The highest BCUT2D eigenvalue weighted by atomic mass is 16.2. The largest absolute Gasteiger partial charge is 0.348 e. The Morgan fingerprint density at radius 3 is 2.52 bits per heavy atom. The first-order chi connectivity index (χ1) is 12.0. The molecule has 1 aromatic carbocycles. The van der Waals surface area contributed by atoms with Crippen LogP contribution in [-0.4, -0.2) is 43.9 Å². The van der Waals surface area contributed by atoms with Crippen LogP contribution in [0.2, 0.25) is 0 Å². The van der Waals surface area contributed by atoms with E-state index in [0.29, 0.717) is 6.54 Å². The van der Waals surface area contributed by atoms with Crippen molar-refractivity contribution in [3.8, 4) is 0 Å². The van der Waals surface area contributed by atoms with Gasteiger partial charge in [0.25, 0.3) is 0 Å². The van der Waals surface area contributed by atoms with Crippen molar-refractivity contribution in [2.24, 2.45) is 0 Å². The molecule has 1 atom stereocenters. The predicted octanol–water partition coefficient (Wildman–Crippen LogP) is 2.20. The summed E-state index contributed by atoms with van der Waals surface area (Å²) in [6.45, 7) is 3.42. The van der Waals surface area contributed by atoms with Crippen LogP contribution in [0.3, 0.4) is 0 Å². The lowest BCUT2D eigenvalue weighted by Gasteiger charge is -2.21. The molecule has 0 bridgehead atoms. The van der Waals surface area contributed by atoms with E-state index in [2.05, 4.69) is 33.7 Å². The molecule has 5 nitrogen and oxygen atoms in total. The number of hydrogen-bond acceptors (Lipinski definition) is 3. The Bertz CT molecular complexity index is 599. The second-order valence-electron chi connectivity index (χ2n) is 7.08. The van der Waals surface area contributed by atoms with Gasteiger partial charge in [0.2, 0.25) is 0 Å². The van der Waals surface area contributed by atoms with E-state index in [1.54, 1.807) is 0 Å². The average Bonchev–Trinajstić information content (AvgIpc) is 2.62. The van der Waals surface area contributed by atoms with Gasteiger partial charge in [0.1, 0.15) is 0 Å². The van der Waals surface area contributed by atoms with Crippen molar-refractivity contribution in [2.75, 3.05) is 27.2 Å². The van der Waals surface area contributed by atoms with Crippen molar-refractivity contribution in [1.29, 1.82) is 0 Å². The van der Waals surface area contributed by atoms with E-state index < -0.39 is 11.8 Å². The fourth-order valence-corrected chi connectivity index (χ4v) is 3.29. The fourth-order valence-electron chi connectivity index (χ4n) is 3.29. The van der Waals surface area contributed by atoms with Crippen LogP contribution in [0.15, 0.2) is 18.2 Å². The van der Waals surface area contributed by atoms with Gasteiger partial charge in [0.05, 0.1) is 6.04 Å². The third-order valence-electron chi connectivity index (χ3n) is 4.76. The first-order valence-corrected chi connectivity index (χ1v) is 9.36. The maximum Gasteiger partial charge on any atom is 0.309 e. The maximum atomic E-state index is 12.2. The first kappa shape index (κ1) is 19.4. The van der Waals surface area contributed by atoms with Gasteiger partial charge < -0.3 is 15.5 Å². The lowest BCUT2D eigenvalue weighted by molar-refractivity contribution is -0.139. The smallest absolute Gasteiger partial charge is 0.309 e.